The van der Waals surface area contributed by atoms with Crippen molar-refractivity contribution in [1.82, 2.24) is 4.90 Å². The molecular weight excluding hydrogens is 308 g/mol. The molecule has 0 unspecified atom stereocenters. The minimum absolute atomic E-state index is 0.0582. The van der Waals surface area contributed by atoms with Crippen LogP contribution in [0.4, 0.5) is 10.7 Å². The van der Waals surface area contributed by atoms with Crippen molar-refractivity contribution in [2.24, 2.45) is 0 Å². The largest absolute Gasteiger partial charge is 0.369 e. The number of nitrogens with zero attached hydrogens (tertiary/aromatic N) is 3. The van der Waals surface area contributed by atoms with Gasteiger partial charge in [-0.05, 0) is 23.6 Å². The number of amides is 1. The number of rotatable bonds is 4. The smallest absolute Gasteiger partial charge is 0.239 e. The first-order valence-corrected chi connectivity index (χ1v) is 8.44. The summed E-state index contributed by atoms with van der Waals surface area (Å²) < 4.78 is 0. The monoisotopic (exact) mass is 326 g/mol. The average Bonchev–Trinajstić information content (AvgIpc) is 3.03. The fourth-order valence-corrected chi connectivity index (χ4v) is 3.42. The molecule has 0 atom stereocenters. The summed E-state index contributed by atoms with van der Waals surface area (Å²) in [7, 11) is 0. The van der Waals surface area contributed by atoms with Crippen LogP contribution in [-0.2, 0) is 4.79 Å². The molecule has 0 radical (unpaired) electrons. The Morgan fingerprint density at radius 1 is 1.17 bits per heavy atom. The van der Waals surface area contributed by atoms with Gasteiger partial charge in [0.2, 0.25) is 5.91 Å². The molecule has 1 aromatic heterocycles. The Balaban J connectivity index is 1.49. The molecule has 2 aromatic rings. The molecule has 2 heterocycles. The lowest BCUT2D eigenvalue weighted by molar-refractivity contribution is -0.117. The van der Waals surface area contributed by atoms with Gasteiger partial charge in [-0.15, -0.1) is 11.3 Å². The van der Waals surface area contributed by atoms with Gasteiger partial charge in [0.1, 0.15) is 11.1 Å². The molecule has 1 amide bonds. The van der Waals surface area contributed by atoms with Gasteiger partial charge in [0.15, 0.2) is 0 Å². The number of hydrogen-bond acceptors (Lipinski definition) is 5. The van der Waals surface area contributed by atoms with Crippen molar-refractivity contribution >= 4 is 27.9 Å². The lowest BCUT2D eigenvalue weighted by Crippen LogP contribution is -2.48. The molecule has 1 aliphatic rings. The van der Waals surface area contributed by atoms with Crippen LogP contribution >= 0.6 is 11.3 Å². The Bertz CT molecular complexity index is 699. The maximum Gasteiger partial charge on any atom is 0.239 e. The second kappa shape index (κ2) is 7.27. The molecule has 0 saturated carbocycles. The highest BCUT2D eigenvalue weighted by Gasteiger charge is 2.19. The van der Waals surface area contributed by atoms with Crippen LogP contribution in [0.1, 0.15) is 5.56 Å². The lowest BCUT2D eigenvalue weighted by atomic mass is 10.2. The summed E-state index contributed by atoms with van der Waals surface area (Å²) in [6, 6.07) is 14.1. The number of benzene rings is 1. The van der Waals surface area contributed by atoms with E-state index in [9.17, 15) is 4.79 Å². The molecule has 0 aliphatic carbocycles. The van der Waals surface area contributed by atoms with E-state index >= 15 is 0 Å². The summed E-state index contributed by atoms with van der Waals surface area (Å²) in [5.41, 5.74) is 1.76. The average molecular weight is 326 g/mol. The van der Waals surface area contributed by atoms with E-state index in [1.807, 2.05) is 23.6 Å². The van der Waals surface area contributed by atoms with Crippen molar-refractivity contribution in [1.29, 1.82) is 5.26 Å². The first-order chi connectivity index (χ1) is 11.3. The van der Waals surface area contributed by atoms with Gasteiger partial charge in [-0.25, -0.2) is 0 Å². The molecular formula is C17H18N4OS. The summed E-state index contributed by atoms with van der Waals surface area (Å²) in [5, 5.41) is 14.3. The molecule has 6 heteroatoms. The standard InChI is InChI=1S/C17H18N4OS/c18-12-14-6-11-23-17(14)19-16(22)13-20-7-9-21(10-8-20)15-4-2-1-3-5-15/h1-6,11H,7-10,13H2,(H,19,22). The summed E-state index contributed by atoms with van der Waals surface area (Å²) >= 11 is 1.38. The Morgan fingerprint density at radius 2 is 1.91 bits per heavy atom. The zero-order valence-electron chi connectivity index (χ0n) is 12.7. The first kappa shape index (κ1) is 15.5. The SMILES string of the molecule is N#Cc1ccsc1NC(=O)CN1CCN(c2ccccc2)CC1. The van der Waals surface area contributed by atoms with Crippen molar-refractivity contribution in [3.05, 3.63) is 47.3 Å². The maximum atomic E-state index is 12.1. The Hall–Kier alpha value is -2.36. The van der Waals surface area contributed by atoms with E-state index in [-0.39, 0.29) is 5.91 Å². The van der Waals surface area contributed by atoms with Crippen molar-refractivity contribution in [2.75, 3.05) is 42.9 Å². The number of nitrogens with one attached hydrogen (secondary N) is 1. The van der Waals surface area contributed by atoms with Crippen LogP contribution in [0.15, 0.2) is 41.8 Å². The molecule has 0 bridgehead atoms. The van der Waals surface area contributed by atoms with Crippen LogP contribution in [0, 0.1) is 11.3 Å². The molecule has 1 fully saturated rings. The molecule has 3 rings (SSSR count). The summed E-state index contributed by atoms with van der Waals surface area (Å²) in [4.78, 5) is 16.6. The minimum atomic E-state index is -0.0582. The van der Waals surface area contributed by atoms with Crippen LogP contribution < -0.4 is 10.2 Å². The van der Waals surface area contributed by atoms with Gasteiger partial charge >= 0.3 is 0 Å². The van der Waals surface area contributed by atoms with Gasteiger partial charge in [-0.3, -0.25) is 9.69 Å². The number of para-hydroxylation sites is 1. The summed E-state index contributed by atoms with van der Waals surface area (Å²) in [6.45, 7) is 3.92. The Kier molecular flexibility index (Phi) is 4.91. The second-order valence-electron chi connectivity index (χ2n) is 5.42. The van der Waals surface area contributed by atoms with Gasteiger partial charge in [-0.1, -0.05) is 18.2 Å². The number of nitriles is 1. The van der Waals surface area contributed by atoms with E-state index in [0.29, 0.717) is 17.1 Å². The van der Waals surface area contributed by atoms with E-state index in [1.54, 1.807) is 6.07 Å². The minimum Gasteiger partial charge on any atom is -0.369 e. The van der Waals surface area contributed by atoms with E-state index in [2.05, 4.69) is 33.3 Å². The van der Waals surface area contributed by atoms with Crippen LogP contribution in [0.5, 0.6) is 0 Å². The molecule has 1 N–H and O–H groups in total. The first-order valence-electron chi connectivity index (χ1n) is 7.56. The van der Waals surface area contributed by atoms with E-state index in [1.165, 1.54) is 17.0 Å². The lowest BCUT2D eigenvalue weighted by Gasteiger charge is -2.35. The van der Waals surface area contributed by atoms with Crippen LogP contribution in [-0.4, -0.2) is 43.5 Å². The molecule has 118 valence electrons. The number of thiophene rings is 1. The molecule has 0 spiro atoms. The highest BCUT2D eigenvalue weighted by molar-refractivity contribution is 7.14. The van der Waals surface area contributed by atoms with Crippen molar-refractivity contribution in [3.8, 4) is 6.07 Å². The number of hydrogen-bond donors (Lipinski definition) is 1. The third-order valence-electron chi connectivity index (χ3n) is 3.90. The van der Waals surface area contributed by atoms with Crippen molar-refractivity contribution in [3.63, 3.8) is 0 Å². The van der Waals surface area contributed by atoms with Crippen molar-refractivity contribution < 1.29 is 4.79 Å². The maximum absolute atomic E-state index is 12.1. The molecule has 1 saturated heterocycles. The Morgan fingerprint density at radius 3 is 2.61 bits per heavy atom. The third-order valence-corrected chi connectivity index (χ3v) is 4.73. The zero-order chi connectivity index (χ0) is 16.1. The number of carbonyl (C=O) groups excluding carboxylic acids is 1. The van der Waals surface area contributed by atoms with E-state index < -0.39 is 0 Å². The number of anilines is 2. The van der Waals surface area contributed by atoms with E-state index in [0.717, 1.165) is 26.2 Å². The molecule has 23 heavy (non-hydrogen) atoms. The predicted octanol–water partition coefficient (Wildman–Crippen LogP) is 2.38. The second-order valence-corrected chi connectivity index (χ2v) is 6.34. The topological polar surface area (TPSA) is 59.4 Å². The van der Waals surface area contributed by atoms with Gasteiger partial charge in [0.05, 0.1) is 12.1 Å². The zero-order valence-corrected chi connectivity index (χ0v) is 13.6. The normalized spacial score (nSPS) is 15.2. The Labute approximate surface area is 139 Å². The molecule has 1 aliphatic heterocycles. The van der Waals surface area contributed by atoms with Crippen LogP contribution in [0.2, 0.25) is 0 Å². The van der Waals surface area contributed by atoms with Crippen molar-refractivity contribution in [2.45, 2.75) is 0 Å². The quantitative estimate of drug-likeness (QED) is 0.937. The van der Waals surface area contributed by atoms with Crippen LogP contribution in [0.3, 0.4) is 0 Å². The number of piperazine rings is 1. The van der Waals surface area contributed by atoms with Gasteiger partial charge in [-0.2, -0.15) is 5.26 Å². The van der Waals surface area contributed by atoms with Gasteiger partial charge in [0.25, 0.3) is 0 Å². The highest BCUT2D eigenvalue weighted by Crippen LogP contribution is 2.22. The fourth-order valence-electron chi connectivity index (χ4n) is 2.67. The number of carbonyl (C=O) groups is 1. The predicted molar refractivity (Wildman–Crippen MR) is 92.8 cm³/mol. The third kappa shape index (κ3) is 3.89. The summed E-state index contributed by atoms with van der Waals surface area (Å²) in [5.74, 6) is -0.0582. The fraction of sp³-hybridized carbons (Fsp3) is 0.294. The highest BCUT2D eigenvalue weighted by atomic mass is 32.1. The molecule has 5 nitrogen and oxygen atoms in total. The van der Waals surface area contributed by atoms with Crippen LogP contribution in [0.25, 0.3) is 0 Å². The van der Waals surface area contributed by atoms with Gasteiger partial charge in [0, 0.05) is 31.9 Å². The molecule has 1 aromatic carbocycles. The van der Waals surface area contributed by atoms with E-state index in [4.69, 9.17) is 5.26 Å². The van der Waals surface area contributed by atoms with Gasteiger partial charge < -0.3 is 10.2 Å². The summed E-state index contributed by atoms with van der Waals surface area (Å²) in [6.07, 6.45) is 0.